The minimum Gasteiger partial charge on any atom is -0.371 e. The molecule has 2 rings (SSSR count). The highest BCUT2D eigenvalue weighted by molar-refractivity contribution is 5.99. The third-order valence-electron chi connectivity index (χ3n) is 3.13. The maximum absolute atomic E-state index is 12.1. The maximum Gasteiger partial charge on any atom is 0.257 e. The summed E-state index contributed by atoms with van der Waals surface area (Å²) < 4.78 is 0. The van der Waals surface area contributed by atoms with E-state index >= 15 is 0 Å². The van der Waals surface area contributed by atoms with Crippen molar-refractivity contribution < 1.29 is 4.79 Å². The quantitative estimate of drug-likeness (QED) is 0.781. The van der Waals surface area contributed by atoms with Crippen LogP contribution in [0.3, 0.4) is 0 Å². The number of nitrogens with zero attached hydrogens (tertiary/aromatic N) is 3. The molecule has 0 atom stereocenters. The first-order valence-corrected chi connectivity index (χ1v) is 6.11. The molecule has 1 aromatic heterocycles. The van der Waals surface area contributed by atoms with Crippen LogP contribution in [0.2, 0.25) is 0 Å². The Labute approximate surface area is 102 Å². The SMILES string of the molecule is CN(C)C(=O)c1cnccc1N1CCCCC1. The van der Waals surface area contributed by atoms with E-state index in [9.17, 15) is 4.79 Å². The molecule has 0 radical (unpaired) electrons. The molecule has 1 aromatic rings. The number of aromatic nitrogens is 1. The molecular formula is C13H19N3O. The fraction of sp³-hybridized carbons (Fsp3) is 0.538. The molecule has 1 aliphatic rings. The van der Waals surface area contributed by atoms with E-state index in [1.54, 1.807) is 31.4 Å². The highest BCUT2D eigenvalue weighted by atomic mass is 16.2. The molecule has 4 heteroatoms. The Hall–Kier alpha value is -1.58. The molecule has 1 aliphatic heterocycles. The van der Waals surface area contributed by atoms with Gasteiger partial charge in [0.05, 0.1) is 11.3 Å². The molecule has 2 heterocycles. The predicted molar refractivity (Wildman–Crippen MR) is 68.3 cm³/mol. The molecule has 0 saturated carbocycles. The maximum atomic E-state index is 12.1. The van der Waals surface area contributed by atoms with Gasteiger partial charge in [0.2, 0.25) is 0 Å². The van der Waals surface area contributed by atoms with Crippen LogP contribution in [0.5, 0.6) is 0 Å². The minimum atomic E-state index is 0.0265. The summed E-state index contributed by atoms with van der Waals surface area (Å²) in [5.74, 6) is 0.0265. The Kier molecular flexibility index (Phi) is 3.61. The Morgan fingerprint density at radius 3 is 2.65 bits per heavy atom. The average molecular weight is 233 g/mol. The summed E-state index contributed by atoms with van der Waals surface area (Å²) >= 11 is 0. The number of piperidine rings is 1. The summed E-state index contributed by atoms with van der Waals surface area (Å²) in [4.78, 5) is 20.0. The largest absolute Gasteiger partial charge is 0.371 e. The smallest absolute Gasteiger partial charge is 0.257 e. The zero-order valence-corrected chi connectivity index (χ0v) is 10.5. The Morgan fingerprint density at radius 2 is 2.00 bits per heavy atom. The summed E-state index contributed by atoms with van der Waals surface area (Å²) in [6, 6.07) is 1.95. The van der Waals surface area contributed by atoms with E-state index in [0.29, 0.717) is 5.56 Å². The van der Waals surface area contributed by atoms with Gasteiger partial charge in [0.1, 0.15) is 0 Å². The molecule has 0 unspecified atom stereocenters. The van der Waals surface area contributed by atoms with Gasteiger partial charge in [0.15, 0.2) is 0 Å². The second kappa shape index (κ2) is 5.17. The molecule has 4 nitrogen and oxygen atoms in total. The standard InChI is InChI=1S/C13H19N3O/c1-15(2)13(17)11-10-14-7-6-12(11)16-8-4-3-5-9-16/h6-7,10H,3-5,8-9H2,1-2H3. The molecule has 1 saturated heterocycles. The van der Waals surface area contributed by atoms with E-state index in [2.05, 4.69) is 9.88 Å². The van der Waals surface area contributed by atoms with Crippen LogP contribution in [0.1, 0.15) is 29.6 Å². The van der Waals surface area contributed by atoms with Gasteiger partial charge in [-0.25, -0.2) is 0 Å². The number of anilines is 1. The lowest BCUT2D eigenvalue weighted by Crippen LogP contribution is -2.32. The molecule has 0 spiro atoms. The van der Waals surface area contributed by atoms with Crippen LogP contribution >= 0.6 is 0 Å². The molecule has 0 aromatic carbocycles. The van der Waals surface area contributed by atoms with Crippen molar-refractivity contribution in [2.75, 3.05) is 32.1 Å². The first-order chi connectivity index (χ1) is 8.20. The summed E-state index contributed by atoms with van der Waals surface area (Å²) in [6.45, 7) is 2.08. The number of carbonyl (C=O) groups excluding carboxylic acids is 1. The highest BCUT2D eigenvalue weighted by Gasteiger charge is 2.19. The second-order valence-corrected chi connectivity index (χ2v) is 4.64. The Morgan fingerprint density at radius 1 is 1.29 bits per heavy atom. The average Bonchev–Trinajstić information content (AvgIpc) is 2.39. The van der Waals surface area contributed by atoms with Gasteiger partial charge < -0.3 is 9.80 Å². The zero-order valence-electron chi connectivity index (χ0n) is 10.5. The van der Waals surface area contributed by atoms with Gasteiger partial charge in [-0.15, -0.1) is 0 Å². The third-order valence-corrected chi connectivity index (χ3v) is 3.13. The van der Waals surface area contributed by atoms with Crippen molar-refractivity contribution in [1.29, 1.82) is 0 Å². The van der Waals surface area contributed by atoms with Gasteiger partial charge in [0, 0.05) is 39.6 Å². The molecule has 17 heavy (non-hydrogen) atoms. The minimum absolute atomic E-state index is 0.0265. The first kappa shape index (κ1) is 11.9. The number of hydrogen-bond donors (Lipinski definition) is 0. The van der Waals surface area contributed by atoms with Gasteiger partial charge in [-0.2, -0.15) is 0 Å². The van der Waals surface area contributed by atoms with Crippen LogP contribution in [-0.4, -0.2) is 43.0 Å². The van der Waals surface area contributed by atoms with E-state index in [4.69, 9.17) is 0 Å². The van der Waals surface area contributed by atoms with Crippen molar-refractivity contribution in [3.8, 4) is 0 Å². The Bertz CT molecular complexity index is 397. The van der Waals surface area contributed by atoms with Crippen molar-refractivity contribution in [2.45, 2.75) is 19.3 Å². The monoisotopic (exact) mass is 233 g/mol. The second-order valence-electron chi connectivity index (χ2n) is 4.64. The van der Waals surface area contributed by atoms with Gasteiger partial charge in [-0.3, -0.25) is 9.78 Å². The van der Waals surface area contributed by atoms with Crippen LogP contribution in [-0.2, 0) is 0 Å². The Balaban J connectivity index is 2.29. The zero-order chi connectivity index (χ0) is 12.3. The summed E-state index contributed by atoms with van der Waals surface area (Å²) in [5.41, 5.74) is 1.73. The number of carbonyl (C=O) groups is 1. The van der Waals surface area contributed by atoms with Crippen LogP contribution in [0.25, 0.3) is 0 Å². The molecule has 0 N–H and O–H groups in total. The van der Waals surface area contributed by atoms with Crippen molar-refractivity contribution in [2.24, 2.45) is 0 Å². The van der Waals surface area contributed by atoms with Crippen molar-refractivity contribution in [1.82, 2.24) is 9.88 Å². The molecule has 1 amide bonds. The molecular weight excluding hydrogens is 214 g/mol. The fourth-order valence-corrected chi connectivity index (χ4v) is 2.20. The highest BCUT2D eigenvalue weighted by Crippen LogP contribution is 2.23. The summed E-state index contributed by atoms with van der Waals surface area (Å²) in [7, 11) is 3.55. The third kappa shape index (κ3) is 2.57. The topological polar surface area (TPSA) is 36.4 Å². The lowest BCUT2D eigenvalue weighted by Gasteiger charge is -2.30. The fourth-order valence-electron chi connectivity index (χ4n) is 2.20. The lowest BCUT2D eigenvalue weighted by molar-refractivity contribution is 0.0827. The number of pyridine rings is 1. The van der Waals surface area contributed by atoms with E-state index in [0.717, 1.165) is 18.8 Å². The first-order valence-electron chi connectivity index (χ1n) is 6.11. The van der Waals surface area contributed by atoms with Gasteiger partial charge in [-0.05, 0) is 25.3 Å². The molecule has 0 aliphatic carbocycles. The van der Waals surface area contributed by atoms with Gasteiger partial charge >= 0.3 is 0 Å². The summed E-state index contributed by atoms with van der Waals surface area (Å²) in [5, 5.41) is 0. The van der Waals surface area contributed by atoms with E-state index in [1.165, 1.54) is 19.3 Å². The van der Waals surface area contributed by atoms with Gasteiger partial charge in [-0.1, -0.05) is 0 Å². The normalized spacial score (nSPS) is 15.8. The summed E-state index contributed by atoms with van der Waals surface area (Å²) in [6.07, 6.45) is 7.14. The van der Waals surface area contributed by atoms with Crippen LogP contribution in [0.4, 0.5) is 5.69 Å². The van der Waals surface area contributed by atoms with Crippen molar-refractivity contribution >= 4 is 11.6 Å². The molecule has 0 bridgehead atoms. The van der Waals surface area contributed by atoms with Crippen molar-refractivity contribution in [3.63, 3.8) is 0 Å². The number of rotatable bonds is 2. The predicted octanol–water partition coefficient (Wildman–Crippen LogP) is 1.77. The van der Waals surface area contributed by atoms with E-state index in [-0.39, 0.29) is 5.91 Å². The van der Waals surface area contributed by atoms with Crippen LogP contribution < -0.4 is 4.90 Å². The van der Waals surface area contributed by atoms with Crippen molar-refractivity contribution in [3.05, 3.63) is 24.0 Å². The van der Waals surface area contributed by atoms with Gasteiger partial charge in [0.25, 0.3) is 5.91 Å². The van der Waals surface area contributed by atoms with E-state index in [1.807, 2.05) is 6.07 Å². The van der Waals surface area contributed by atoms with Crippen LogP contribution in [0.15, 0.2) is 18.5 Å². The number of hydrogen-bond acceptors (Lipinski definition) is 3. The van der Waals surface area contributed by atoms with E-state index < -0.39 is 0 Å². The lowest BCUT2D eigenvalue weighted by atomic mass is 10.1. The molecule has 1 fully saturated rings. The molecule has 92 valence electrons. The van der Waals surface area contributed by atoms with Crippen LogP contribution in [0, 0.1) is 0 Å². The number of amides is 1.